The van der Waals surface area contributed by atoms with Crippen LogP contribution in [0.25, 0.3) is 10.2 Å². The monoisotopic (exact) mass is 363 g/mol. The van der Waals surface area contributed by atoms with Crippen LogP contribution in [0.15, 0.2) is 60.0 Å². The molecule has 0 saturated carbocycles. The number of thiazole rings is 1. The first-order chi connectivity index (χ1) is 11.5. The van der Waals surface area contributed by atoms with E-state index in [0.29, 0.717) is 16.8 Å². The summed E-state index contributed by atoms with van der Waals surface area (Å²) in [6.07, 6.45) is 1.71. The van der Waals surface area contributed by atoms with Gasteiger partial charge in [-0.25, -0.2) is 17.8 Å². The van der Waals surface area contributed by atoms with Gasteiger partial charge in [0, 0.05) is 12.2 Å². The molecule has 0 aliphatic carbocycles. The molecule has 2 aromatic carbocycles. The maximum absolute atomic E-state index is 13.2. The van der Waals surface area contributed by atoms with Crippen LogP contribution in [0.4, 0.5) is 15.2 Å². The molecule has 1 heterocycles. The van der Waals surface area contributed by atoms with Gasteiger partial charge in [-0.2, -0.15) is 0 Å². The van der Waals surface area contributed by atoms with E-state index >= 15 is 0 Å². The molecule has 0 radical (unpaired) electrons. The second kappa shape index (κ2) is 6.58. The van der Waals surface area contributed by atoms with E-state index in [4.69, 9.17) is 0 Å². The smallest absolute Gasteiger partial charge is 0.263 e. The summed E-state index contributed by atoms with van der Waals surface area (Å²) in [6.45, 7) is 4.20. The lowest BCUT2D eigenvalue weighted by molar-refractivity contribution is 0.601. The number of nitrogens with zero attached hydrogens (tertiary/aromatic N) is 1. The molecule has 0 spiro atoms. The molecule has 3 rings (SSSR count). The summed E-state index contributed by atoms with van der Waals surface area (Å²) < 4.78 is 41.0. The standard InChI is InChI=1S/C16H14FN3O2S2/c1-2-9-18-12-4-6-13(7-5-12)24(21,22)20-16-19-14-8-3-11(17)10-15(14)23-16/h2-8,10,18H,1,9H2,(H,19,20). The van der Waals surface area contributed by atoms with Gasteiger partial charge in [-0.1, -0.05) is 17.4 Å². The molecule has 124 valence electrons. The zero-order chi connectivity index (χ0) is 17.2. The second-order valence-corrected chi connectivity index (χ2v) is 7.64. The van der Waals surface area contributed by atoms with Gasteiger partial charge in [0.1, 0.15) is 5.82 Å². The van der Waals surface area contributed by atoms with Crippen LogP contribution in [-0.4, -0.2) is 19.9 Å². The van der Waals surface area contributed by atoms with E-state index in [1.165, 1.54) is 30.3 Å². The molecule has 0 saturated heterocycles. The van der Waals surface area contributed by atoms with Gasteiger partial charge >= 0.3 is 0 Å². The van der Waals surface area contributed by atoms with Gasteiger partial charge in [0.05, 0.1) is 15.1 Å². The molecule has 0 unspecified atom stereocenters. The van der Waals surface area contributed by atoms with Crippen molar-refractivity contribution in [2.24, 2.45) is 0 Å². The van der Waals surface area contributed by atoms with Gasteiger partial charge in [0.2, 0.25) is 0 Å². The number of anilines is 2. The Labute approximate surface area is 142 Å². The van der Waals surface area contributed by atoms with E-state index in [-0.39, 0.29) is 15.8 Å². The Morgan fingerprint density at radius 1 is 1.21 bits per heavy atom. The van der Waals surface area contributed by atoms with Crippen LogP contribution < -0.4 is 10.0 Å². The lowest BCUT2D eigenvalue weighted by Crippen LogP contribution is -2.12. The molecular weight excluding hydrogens is 349 g/mol. The highest BCUT2D eigenvalue weighted by molar-refractivity contribution is 7.93. The Balaban J connectivity index is 1.82. The first-order valence-corrected chi connectivity index (χ1v) is 9.32. The normalized spacial score (nSPS) is 11.4. The average molecular weight is 363 g/mol. The van der Waals surface area contributed by atoms with Crippen LogP contribution in [0.2, 0.25) is 0 Å². The number of rotatable bonds is 6. The van der Waals surface area contributed by atoms with Crippen molar-refractivity contribution in [2.45, 2.75) is 4.90 Å². The third-order valence-electron chi connectivity index (χ3n) is 3.19. The largest absolute Gasteiger partial charge is 0.382 e. The molecule has 0 amide bonds. The van der Waals surface area contributed by atoms with Crippen molar-refractivity contribution < 1.29 is 12.8 Å². The van der Waals surface area contributed by atoms with Crippen molar-refractivity contribution >= 4 is 42.4 Å². The third kappa shape index (κ3) is 3.55. The number of hydrogen-bond donors (Lipinski definition) is 2. The van der Waals surface area contributed by atoms with Crippen LogP contribution in [0.5, 0.6) is 0 Å². The van der Waals surface area contributed by atoms with E-state index in [0.717, 1.165) is 17.0 Å². The predicted octanol–water partition coefficient (Wildman–Crippen LogP) is 3.83. The van der Waals surface area contributed by atoms with E-state index in [9.17, 15) is 12.8 Å². The molecule has 8 heteroatoms. The fraction of sp³-hybridized carbons (Fsp3) is 0.0625. The van der Waals surface area contributed by atoms with E-state index < -0.39 is 10.0 Å². The number of fused-ring (bicyclic) bond motifs is 1. The molecule has 3 aromatic rings. The van der Waals surface area contributed by atoms with Crippen LogP contribution in [0.1, 0.15) is 0 Å². The van der Waals surface area contributed by atoms with Gasteiger partial charge in [0.15, 0.2) is 5.13 Å². The number of aromatic nitrogens is 1. The molecule has 0 aliphatic heterocycles. The fourth-order valence-corrected chi connectivity index (χ4v) is 4.18. The van der Waals surface area contributed by atoms with E-state index in [1.54, 1.807) is 18.2 Å². The zero-order valence-electron chi connectivity index (χ0n) is 12.5. The average Bonchev–Trinajstić information content (AvgIpc) is 2.93. The first-order valence-electron chi connectivity index (χ1n) is 7.02. The van der Waals surface area contributed by atoms with E-state index in [2.05, 4.69) is 21.6 Å². The maximum atomic E-state index is 13.2. The summed E-state index contributed by atoms with van der Waals surface area (Å²) in [5, 5.41) is 3.27. The molecule has 0 atom stereocenters. The van der Waals surface area contributed by atoms with Gasteiger partial charge in [-0.3, -0.25) is 4.72 Å². The number of nitrogens with one attached hydrogen (secondary N) is 2. The van der Waals surface area contributed by atoms with Gasteiger partial charge in [-0.15, -0.1) is 6.58 Å². The van der Waals surface area contributed by atoms with Crippen molar-refractivity contribution in [2.75, 3.05) is 16.6 Å². The van der Waals surface area contributed by atoms with Crippen molar-refractivity contribution in [1.29, 1.82) is 0 Å². The van der Waals surface area contributed by atoms with Crippen LogP contribution in [-0.2, 0) is 10.0 Å². The molecule has 24 heavy (non-hydrogen) atoms. The quantitative estimate of drug-likeness (QED) is 0.653. The van der Waals surface area contributed by atoms with Crippen molar-refractivity contribution in [1.82, 2.24) is 4.98 Å². The van der Waals surface area contributed by atoms with Gasteiger partial charge < -0.3 is 5.32 Å². The fourth-order valence-electron chi connectivity index (χ4n) is 2.06. The molecule has 0 bridgehead atoms. The summed E-state index contributed by atoms with van der Waals surface area (Å²) in [5.41, 5.74) is 1.34. The summed E-state index contributed by atoms with van der Waals surface area (Å²) >= 11 is 1.08. The number of halogens is 1. The predicted molar refractivity (Wildman–Crippen MR) is 95.5 cm³/mol. The third-order valence-corrected chi connectivity index (χ3v) is 5.60. The molecule has 1 aromatic heterocycles. The molecular formula is C16H14FN3O2S2. The number of hydrogen-bond acceptors (Lipinski definition) is 5. The van der Waals surface area contributed by atoms with Crippen LogP contribution in [0.3, 0.4) is 0 Å². The summed E-state index contributed by atoms with van der Waals surface area (Å²) in [4.78, 5) is 4.28. The molecule has 5 nitrogen and oxygen atoms in total. The Bertz CT molecular complexity index is 982. The highest BCUT2D eigenvalue weighted by atomic mass is 32.2. The van der Waals surface area contributed by atoms with E-state index in [1.807, 2.05) is 0 Å². The van der Waals surface area contributed by atoms with Crippen molar-refractivity contribution in [3.63, 3.8) is 0 Å². The Morgan fingerprint density at radius 2 is 1.96 bits per heavy atom. The molecule has 2 N–H and O–H groups in total. The minimum atomic E-state index is -3.75. The second-order valence-electron chi connectivity index (χ2n) is 4.93. The topological polar surface area (TPSA) is 71.1 Å². The lowest BCUT2D eigenvalue weighted by atomic mass is 10.3. The highest BCUT2D eigenvalue weighted by Gasteiger charge is 2.16. The molecule has 0 fully saturated rings. The zero-order valence-corrected chi connectivity index (χ0v) is 14.1. The minimum absolute atomic E-state index is 0.122. The molecule has 0 aliphatic rings. The lowest BCUT2D eigenvalue weighted by Gasteiger charge is -2.07. The highest BCUT2D eigenvalue weighted by Crippen LogP contribution is 2.28. The Hall–Kier alpha value is -2.45. The first kappa shape index (κ1) is 16.4. The maximum Gasteiger partial charge on any atom is 0.263 e. The van der Waals surface area contributed by atoms with Crippen molar-refractivity contribution in [3.05, 3.63) is 60.9 Å². The Kier molecular flexibility index (Phi) is 4.50. The minimum Gasteiger partial charge on any atom is -0.382 e. The van der Waals surface area contributed by atoms with Crippen LogP contribution in [0, 0.1) is 5.82 Å². The Morgan fingerprint density at radius 3 is 2.67 bits per heavy atom. The number of benzene rings is 2. The summed E-state index contributed by atoms with van der Waals surface area (Å²) in [7, 11) is -3.75. The van der Waals surface area contributed by atoms with Crippen LogP contribution >= 0.6 is 11.3 Å². The SMILES string of the molecule is C=CCNc1ccc(S(=O)(=O)Nc2nc3ccc(F)cc3s2)cc1. The number of sulfonamides is 1. The van der Waals surface area contributed by atoms with Gasteiger partial charge in [-0.05, 0) is 42.5 Å². The van der Waals surface area contributed by atoms with Crippen molar-refractivity contribution in [3.8, 4) is 0 Å². The van der Waals surface area contributed by atoms with Gasteiger partial charge in [0.25, 0.3) is 10.0 Å². The summed E-state index contributed by atoms with van der Waals surface area (Å²) in [5.74, 6) is -0.386. The summed E-state index contributed by atoms with van der Waals surface area (Å²) in [6, 6.07) is 10.5.